The van der Waals surface area contributed by atoms with Crippen molar-refractivity contribution in [2.24, 2.45) is 5.92 Å². The molecule has 25 heavy (non-hydrogen) atoms. The fourth-order valence-corrected chi connectivity index (χ4v) is 5.63. The quantitative estimate of drug-likeness (QED) is 0.803. The molecule has 0 N–H and O–H groups in total. The van der Waals surface area contributed by atoms with E-state index in [0.717, 1.165) is 12.8 Å². The van der Waals surface area contributed by atoms with E-state index in [2.05, 4.69) is 0 Å². The molecule has 1 aromatic carbocycles. The number of hydrogen-bond acceptors (Lipinski definition) is 4. The number of para-hydroxylation sites is 1. The molecular formula is C18H24N2O4S. The Bertz CT molecular complexity index is 803. The van der Waals surface area contributed by atoms with Gasteiger partial charge in [-0.1, -0.05) is 12.1 Å². The predicted molar refractivity (Wildman–Crippen MR) is 92.7 cm³/mol. The summed E-state index contributed by atoms with van der Waals surface area (Å²) in [4.78, 5) is 14.5. The van der Waals surface area contributed by atoms with E-state index in [1.165, 1.54) is 4.31 Å². The van der Waals surface area contributed by atoms with E-state index in [9.17, 15) is 13.2 Å². The molecule has 4 rings (SSSR count). The highest BCUT2D eigenvalue weighted by Gasteiger charge is 2.50. The monoisotopic (exact) mass is 364 g/mol. The number of carbonyl (C=O) groups is 1. The Balaban J connectivity index is 1.72. The van der Waals surface area contributed by atoms with Crippen LogP contribution in [-0.4, -0.2) is 54.8 Å². The Labute approximate surface area is 148 Å². The molecule has 1 atom stereocenters. The highest BCUT2D eigenvalue weighted by Crippen LogP contribution is 2.40. The molecule has 7 heteroatoms. The van der Waals surface area contributed by atoms with Gasteiger partial charge in [-0.15, -0.1) is 0 Å². The van der Waals surface area contributed by atoms with Gasteiger partial charge < -0.3 is 9.64 Å². The molecule has 1 amide bonds. The Hall–Kier alpha value is -1.60. The lowest BCUT2D eigenvalue weighted by atomic mass is 10.0. The number of amides is 1. The molecule has 1 spiro atoms. The van der Waals surface area contributed by atoms with Crippen molar-refractivity contribution < 1.29 is 17.9 Å². The van der Waals surface area contributed by atoms with Crippen molar-refractivity contribution in [2.45, 2.75) is 49.6 Å². The largest absolute Gasteiger partial charge is 0.483 e. The van der Waals surface area contributed by atoms with Gasteiger partial charge in [-0.05, 0) is 38.8 Å². The van der Waals surface area contributed by atoms with Crippen molar-refractivity contribution in [1.29, 1.82) is 0 Å². The Morgan fingerprint density at radius 2 is 1.96 bits per heavy atom. The summed E-state index contributed by atoms with van der Waals surface area (Å²) in [6.07, 6.45) is 2.59. The van der Waals surface area contributed by atoms with E-state index < -0.39 is 15.6 Å². The van der Waals surface area contributed by atoms with E-state index >= 15 is 0 Å². The summed E-state index contributed by atoms with van der Waals surface area (Å²) in [5.74, 6) is 0.751. The third kappa shape index (κ3) is 2.83. The zero-order chi connectivity index (χ0) is 17.8. The molecule has 2 heterocycles. The van der Waals surface area contributed by atoms with Crippen LogP contribution in [0, 0.1) is 5.92 Å². The number of benzene rings is 1. The summed E-state index contributed by atoms with van der Waals surface area (Å²) in [5.41, 5.74) is -0.672. The van der Waals surface area contributed by atoms with Crippen LogP contribution >= 0.6 is 0 Å². The van der Waals surface area contributed by atoms with Crippen molar-refractivity contribution >= 4 is 15.9 Å². The van der Waals surface area contributed by atoms with Gasteiger partial charge in [-0.2, -0.15) is 4.31 Å². The molecule has 1 aromatic rings. The third-order valence-corrected chi connectivity index (χ3v) is 7.40. The van der Waals surface area contributed by atoms with E-state index in [4.69, 9.17) is 4.74 Å². The number of fused-ring (bicyclic) bond motifs is 1. The molecule has 0 bridgehead atoms. The van der Waals surface area contributed by atoms with Crippen LogP contribution in [0.25, 0.3) is 0 Å². The molecule has 3 aliphatic rings. The van der Waals surface area contributed by atoms with Crippen molar-refractivity contribution in [3.63, 3.8) is 0 Å². The first-order valence-electron chi connectivity index (χ1n) is 8.91. The normalized spacial score (nSPS) is 28.7. The summed E-state index contributed by atoms with van der Waals surface area (Å²) < 4.78 is 34.0. The van der Waals surface area contributed by atoms with Gasteiger partial charge in [-0.3, -0.25) is 4.79 Å². The van der Waals surface area contributed by atoms with Crippen LogP contribution in [0.4, 0.5) is 0 Å². The SMILES string of the molecule is CC(C)N1CC2(CCN(C(=O)C3CC3)C2)Oc2ccccc2S1(=O)=O. The van der Waals surface area contributed by atoms with Gasteiger partial charge >= 0.3 is 0 Å². The fourth-order valence-electron chi connectivity index (χ4n) is 3.80. The molecule has 1 saturated carbocycles. The predicted octanol–water partition coefficient (Wildman–Crippen LogP) is 1.86. The van der Waals surface area contributed by atoms with Crippen LogP contribution in [0.3, 0.4) is 0 Å². The average molecular weight is 364 g/mol. The Morgan fingerprint density at radius 3 is 2.64 bits per heavy atom. The van der Waals surface area contributed by atoms with Gasteiger partial charge in [0.05, 0.1) is 13.1 Å². The summed E-state index contributed by atoms with van der Waals surface area (Å²) in [6, 6.07) is 6.64. The molecule has 1 aliphatic carbocycles. The van der Waals surface area contributed by atoms with E-state index in [1.807, 2.05) is 18.7 Å². The maximum atomic E-state index is 13.1. The summed E-state index contributed by atoms with van der Waals surface area (Å²) >= 11 is 0. The van der Waals surface area contributed by atoms with E-state index in [1.54, 1.807) is 24.3 Å². The standard InChI is InChI=1S/C18H24N2O4S/c1-13(2)20-12-18(9-10-19(11-18)17(21)14-7-8-14)24-15-5-3-4-6-16(15)25(20,22)23/h3-6,13-14H,7-12H2,1-2H3. The van der Waals surface area contributed by atoms with Gasteiger partial charge in [-0.25, -0.2) is 8.42 Å². The second-order valence-electron chi connectivity index (χ2n) is 7.66. The number of rotatable bonds is 2. The molecule has 2 aliphatic heterocycles. The molecule has 6 nitrogen and oxygen atoms in total. The maximum absolute atomic E-state index is 13.1. The molecule has 0 aromatic heterocycles. The Morgan fingerprint density at radius 1 is 1.24 bits per heavy atom. The first-order chi connectivity index (χ1) is 11.8. The number of hydrogen-bond donors (Lipinski definition) is 0. The summed E-state index contributed by atoms with van der Waals surface area (Å²) in [6.45, 7) is 5.11. The molecule has 1 unspecified atom stereocenters. The number of carbonyl (C=O) groups excluding carboxylic acids is 1. The second kappa shape index (κ2) is 5.71. The lowest BCUT2D eigenvalue weighted by molar-refractivity contribution is -0.132. The van der Waals surface area contributed by atoms with Gasteiger partial charge in [0.1, 0.15) is 16.2 Å². The molecular weight excluding hydrogens is 340 g/mol. The number of likely N-dealkylation sites (tertiary alicyclic amines) is 1. The zero-order valence-electron chi connectivity index (χ0n) is 14.6. The number of sulfonamides is 1. The van der Waals surface area contributed by atoms with E-state index in [-0.39, 0.29) is 29.3 Å². The van der Waals surface area contributed by atoms with Crippen molar-refractivity contribution in [3.8, 4) is 5.75 Å². The van der Waals surface area contributed by atoms with Crippen LogP contribution in [0.2, 0.25) is 0 Å². The highest BCUT2D eigenvalue weighted by atomic mass is 32.2. The lowest BCUT2D eigenvalue weighted by Gasteiger charge is -2.33. The number of ether oxygens (including phenoxy) is 1. The van der Waals surface area contributed by atoms with Gasteiger partial charge in [0, 0.05) is 24.9 Å². The topological polar surface area (TPSA) is 66.9 Å². The van der Waals surface area contributed by atoms with Crippen molar-refractivity contribution in [3.05, 3.63) is 24.3 Å². The van der Waals surface area contributed by atoms with Crippen LogP contribution in [-0.2, 0) is 14.8 Å². The molecule has 1 saturated heterocycles. The minimum absolute atomic E-state index is 0.165. The summed E-state index contributed by atoms with van der Waals surface area (Å²) in [7, 11) is -3.62. The van der Waals surface area contributed by atoms with Crippen LogP contribution in [0.1, 0.15) is 33.1 Å². The molecule has 2 fully saturated rings. The van der Waals surface area contributed by atoms with Crippen molar-refractivity contribution in [2.75, 3.05) is 19.6 Å². The van der Waals surface area contributed by atoms with Gasteiger partial charge in [0.2, 0.25) is 15.9 Å². The maximum Gasteiger partial charge on any atom is 0.247 e. The van der Waals surface area contributed by atoms with Gasteiger partial charge in [0.25, 0.3) is 0 Å². The van der Waals surface area contributed by atoms with Crippen molar-refractivity contribution in [1.82, 2.24) is 9.21 Å². The average Bonchev–Trinajstić information content (AvgIpc) is 3.34. The zero-order valence-corrected chi connectivity index (χ0v) is 15.5. The third-order valence-electron chi connectivity index (χ3n) is 5.34. The minimum Gasteiger partial charge on any atom is -0.483 e. The van der Waals surface area contributed by atoms with Crippen LogP contribution < -0.4 is 4.74 Å². The highest BCUT2D eigenvalue weighted by molar-refractivity contribution is 7.89. The smallest absolute Gasteiger partial charge is 0.247 e. The van der Waals surface area contributed by atoms with Crippen LogP contribution in [0.5, 0.6) is 5.75 Å². The van der Waals surface area contributed by atoms with Crippen LogP contribution in [0.15, 0.2) is 29.2 Å². The molecule has 136 valence electrons. The molecule has 0 radical (unpaired) electrons. The lowest BCUT2D eigenvalue weighted by Crippen LogP contribution is -2.51. The first-order valence-corrected chi connectivity index (χ1v) is 10.4. The first kappa shape index (κ1) is 16.8. The van der Waals surface area contributed by atoms with E-state index in [0.29, 0.717) is 25.3 Å². The van der Waals surface area contributed by atoms with Gasteiger partial charge in [0.15, 0.2) is 0 Å². The number of nitrogens with zero attached hydrogens (tertiary/aromatic N) is 2. The summed E-state index contributed by atoms with van der Waals surface area (Å²) in [5, 5.41) is 0. The second-order valence-corrected chi connectivity index (χ2v) is 9.52. The fraction of sp³-hybridized carbons (Fsp3) is 0.611. The minimum atomic E-state index is -3.62. The Kier molecular flexibility index (Phi) is 3.85.